The van der Waals surface area contributed by atoms with Crippen LogP contribution in [0.15, 0.2) is 35.7 Å². The molecule has 0 saturated carbocycles. The number of hydrogen-bond acceptors (Lipinski definition) is 6. The van der Waals surface area contributed by atoms with Crippen LogP contribution in [0.3, 0.4) is 0 Å². The van der Waals surface area contributed by atoms with E-state index in [1.165, 1.54) is 16.2 Å². The molecule has 7 heteroatoms. The summed E-state index contributed by atoms with van der Waals surface area (Å²) in [6, 6.07) is 9.29. The average molecular weight is 360 g/mol. The Hall–Kier alpha value is -2.38. The van der Waals surface area contributed by atoms with Crippen LogP contribution < -0.4 is 14.8 Å². The highest BCUT2D eigenvalue weighted by Crippen LogP contribution is 2.32. The molecule has 3 aromatic rings. The second-order valence-corrected chi connectivity index (χ2v) is 7.11. The summed E-state index contributed by atoms with van der Waals surface area (Å²) in [6.45, 7) is 2.05. The Bertz CT molecular complexity index is 870. The Morgan fingerprint density at radius 2 is 2.00 bits per heavy atom. The number of nitrogens with one attached hydrogen (secondary N) is 1. The molecule has 0 radical (unpaired) electrons. The van der Waals surface area contributed by atoms with Crippen LogP contribution in [-0.2, 0) is 0 Å². The molecule has 0 spiro atoms. The first kappa shape index (κ1) is 16.5. The van der Waals surface area contributed by atoms with E-state index < -0.39 is 0 Å². The molecule has 0 atom stereocenters. The molecule has 5 nitrogen and oxygen atoms in total. The predicted molar refractivity (Wildman–Crippen MR) is 97.7 cm³/mol. The average Bonchev–Trinajstić information content (AvgIpc) is 3.24. The first-order chi connectivity index (χ1) is 11.6. The molecular weight excluding hydrogens is 344 g/mol. The lowest BCUT2D eigenvalue weighted by molar-refractivity contribution is 0.102. The van der Waals surface area contributed by atoms with Crippen LogP contribution in [0, 0.1) is 6.92 Å². The number of carbonyl (C=O) groups is 1. The maximum Gasteiger partial charge on any atom is 0.275 e. The number of aryl methyl sites for hydroxylation is 1. The van der Waals surface area contributed by atoms with Crippen LogP contribution in [-0.4, -0.2) is 25.1 Å². The lowest BCUT2D eigenvalue weighted by Crippen LogP contribution is -2.13. The molecular formula is C17H16N2O3S2. The quantitative estimate of drug-likeness (QED) is 0.730. The Morgan fingerprint density at radius 3 is 2.67 bits per heavy atom. The third-order valence-electron chi connectivity index (χ3n) is 3.34. The molecule has 1 aromatic carbocycles. The summed E-state index contributed by atoms with van der Waals surface area (Å²) in [5, 5.41) is 5.43. The number of aromatic nitrogens is 1. The molecule has 0 fully saturated rings. The zero-order chi connectivity index (χ0) is 17.1. The molecule has 2 heterocycles. The van der Waals surface area contributed by atoms with Gasteiger partial charge < -0.3 is 14.8 Å². The number of ether oxygens (including phenoxy) is 2. The molecule has 124 valence electrons. The summed E-state index contributed by atoms with van der Waals surface area (Å²) in [7, 11) is 3.13. The fourth-order valence-electron chi connectivity index (χ4n) is 2.13. The fraction of sp³-hybridized carbons (Fsp3) is 0.176. The van der Waals surface area contributed by atoms with E-state index in [4.69, 9.17) is 9.47 Å². The number of nitrogens with zero attached hydrogens (tertiary/aromatic N) is 1. The molecule has 0 aliphatic heterocycles. The van der Waals surface area contributed by atoms with Gasteiger partial charge in [-0.2, -0.15) is 0 Å². The summed E-state index contributed by atoms with van der Waals surface area (Å²) in [4.78, 5) is 19.2. The Balaban J connectivity index is 1.79. The first-order valence-electron chi connectivity index (χ1n) is 7.16. The molecule has 3 rings (SSSR count). The minimum absolute atomic E-state index is 0.269. The van der Waals surface area contributed by atoms with Crippen molar-refractivity contribution in [3.05, 3.63) is 46.3 Å². The van der Waals surface area contributed by atoms with Crippen molar-refractivity contribution in [2.24, 2.45) is 0 Å². The van der Waals surface area contributed by atoms with E-state index in [2.05, 4.69) is 10.3 Å². The number of anilines is 1. The summed E-state index contributed by atoms with van der Waals surface area (Å²) in [5.74, 6) is 0.926. The SMILES string of the molecule is COc1ccc(NC(=O)c2csc(-c3ccc(C)s3)n2)c(OC)c1. The van der Waals surface area contributed by atoms with Crippen LogP contribution >= 0.6 is 22.7 Å². The lowest BCUT2D eigenvalue weighted by atomic mass is 10.2. The highest BCUT2D eigenvalue weighted by Gasteiger charge is 2.15. The summed E-state index contributed by atoms with van der Waals surface area (Å²) in [5.41, 5.74) is 0.962. The van der Waals surface area contributed by atoms with Crippen molar-refractivity contribution in [2.45, 2.75) is 6.92 Å². The van der Waals surface area contributed by atoms with Crippen LogP contribution in [0.2, 0.25) is 0 Å². The molecule has 0 saturated heterocycles. The molecule has 24 heavy (non-hydrogen) atoms. The van der Waals surface area contributed by atoms with Crippen molar-refractivity contribution in [3.63, 3.8) is 0 Å². The van der Waals surface area contributed by atoms with Crippen LogP contribution in [0.4, 0.5) is 5.69 Å². The highest BCUT2D eigenvalue weighted by atomic mass is 32.1. The van der Waals surface area contributed by atoms with Gasteiger partial charge in [-0.25, -0.2) is 4.98 Å². The summed E-state index contributed by atoms with van der Waals surface area (Å²) < 4.78 is 10.4. The number of amides is 1. The van der Waals surface area contributed by atoms with Crippen molar-refractivity contribution in [2.75, 3.05) is 19.5 Å². The van der Waals surface area contributed by atoms with E-state index in [1.807, 2.05) is 19.1 Å². The number of methoxy groups -OCH3 is 2. The van der Waals surface area contributed by atoms with E-state index in [0.29, 0.717) is 22.9 Å². The molecule has 2 aromatic heterocycles. The van der Waals surface area contributed by atoms with Gasteiger partial charge in [0.1, 0.15) is 22.2 Å². The van der Waals surface area contributed by atoms with Crippen LogP contribution in [0.25, 0.3) is 9.88 Å². The Labute approximate surface area is 147 Å². The number of rotatable bonds is 5. The van der Waals surface area contributed by atoms with Gasteiger partial charge in [0.25, 0.3) is 5.91 Å². The van der Waals surface area contributed by atoms with E-state index in [9.17, 15) is 4.79 Å². The zero-order valence-corrected chi connectivity index (χ0v) is 15.1. The van der Waals surface area contributed by atoms with Crippen LogP contribution in [0.5, 0.6) is 11.5 Å². The van der Waals surface area contributed by atoms with Gasteiger partial charge in [0.2, 0.25) is 0 Å². The molecule has 0 aliphatic carbocycles. The smallest absolute Gasteiger partial charge is 0.275 e. The third kappa shape index (κ3) is 3.42. The largest absolute Gasteiger partial charge is 0.497 e. The maximum absolute atomic E-state index is 12.4. The molecule has 1 amide bonds. The van der Waals surface area contributed by atoms with Gasteiger partial charge in [0.05, 0.1) is 24.8 Å². The standard InChI is InChI=1S/C17H16N2O3S2/c1-10-4-7-15(24-10)17-19-13(9-23-17)16(20)18-12-6-5-11(21-2)8-14(12)22-3/h4-9H,1-3H3,(H,18,20). The van der Waals surface area contributed by atoms with Gasteiger partial charge in [-0.15, -0.1) is 22.7 Å². The lowest BCUT2D eigenvalue weighted by Gasteiger charge is -2.10. The predicted octanol–water partition coefficient (Wildman–Crippen LogP) is 4.45. The fourth-order valence-corrected chi connectivity index (χ4v) is 3.87. The van der Waals surface area contributed by atoms with E-state index in [0.717, 1.165) is 9.88 Å². The van der Waals surface area contributed by atoms with Gasteiger partial charge in [-0.3, -0.25) is 4.79 Å². The topological polar surface area (TPSA) is 60.5 Å². The Kier molecular flexibility index (Phi) is 4.82. The monoisotopic (exact) mass is 360 g/mol. The molecule has 0 bridgehead atoms. The number of hydrogen-bond donors (Lipinski definition) is 1. The van der Waals surface area contributed by atoms with Crippen molar-refractivity contribution in [3.8, 4) is 21.4 Å². The second kappa shape index (κ2) is 7.02. The van der Waals surface area contributed by atoms with Crippen molar-refractivity contribution in [1.82, 2.24) is 4.98 Å². The minimum Gasteiger partial charge on any atom is -0.497 e. The molecule has 0 aliphatic rings. The minimum atomic E-state index is -0.269. The van der Waals surface area contributed by atoms with Gasteiger partial charge in [-0.1, -0.05) is 0 Å². The molecule has 1 N–H and O–H groups in total. The van der Waals surface area contributed by atoms with Crippen LogP contribution in [0.1, 0.15) is 15.4 Å². The maximum atomic E-state index is 12.4. The first-order valence-corrected chi connectivity index (χ1v) is 8.86. The zero-order valence-electron chi connectivity index (χ0n) is 13.5. The van der Waals surface area contributed by atoms with Crippen molar-refractivity contribution < 1.29 is 14.3 Å². The normalized spacial score (nSPS) is 10.5. The van der Waals surface area contributed by atoms with Gasteiger partial charge >= 0.3 is 0 Å². The van der Waals surface area contributed by atoms with Gasteiger partial charge in [0, 0.05) is 16.3 Å². The summed E-state index contributed by atoms with van der Waals surface area (Å²) in [6.07, 6.45) is 0. The van der Waals surface area contributed by atoms with Crippen molar-refractivity contribution in [1.29, 1.82) is 0 Å². The number of thiophene rings is 1. The molecule has 0 unspecified atom stereocenters. The van der Waals surface area contributed by atoms with E-state index in [-0.39, 0.29) is 5.91 Å². The van der Waals surface area contributed by atoms with Gasteiger partial charge in [-0.05, 0) is 31.2 Å². The number of carbonyl (C=O) groups excluding carboxylic acids is 1. The van der Waals surface area contributed by atoms with Gasteiger partial charge in [0.15, 0.2) is 0 Å². The number of thiazole rings is 1. The van der Waals surface area contributed by atoms with E-state index in [1.54, 1.807) is 49.1 Å². The number of benzene rings is 1. The third-order valence-corrected chi connectivity index (χ3v) is 5.36. The second-order valence-electron chi connectivity index (χ2n) is 4.97. The Morgan fingerprint density at radius 1 is 1.17 bits per heavy atom. The van der Waals surface area contributed by atoms with Crippen molar-refractivity contribution >= 4 is 34.3 Å². The van der Waals surface area contributed by atoms with E-state index >= 15 is 0 Å². The summed E-state index contributed by atoms with van der Waals surface area (Å²) >= 11 is 3.12. The highest BCUT2D eigenvalue weighted by molar-refractivity contribution is 7.21.